The Bertz CT molecular complexity index is 986. The molecule has 1 fully saturated rings. The van der Waals surface area contributed by atoms with Gasteiger partial charge in [0.15, 0.2) is 11.2 Å². The predicted octanol–water partition coefficient (Wildman–Crippen LogP) is 5.66. The normalized spacial score (nSPS) is 15.2. The highest BCUT2D eigenvalue weighted by atomic mass is 16.5. The lowest BCUT2D eigenvalue weighted by atomic mass is 9.89. The molecule has 1 aromatic heterocycles. The van der Waals surface area contributed by atoms with Gasteiger partial charge in [-0.1, -0.05) is 43.5 Å². The molecule has 31 heavy (non-hydrogen) atoms. The zero-order valence-corrected chi connectivity index (χ0v) is 18.2. The van der Waals surface area contributed by atoms with Gasteiger partial charge in [-0.2, -0.15) is 4.98 Å². The second-order valence-electron chi connectivity index (χ2n) is 8.91. The van der Waals surface area contributed by atoms with Gasteiger partial charge in [0.2, 0.25) is 0 Å². The van der Waals surface area contributed by atoms with Gasteiger partial charge < -0.3 is 19.2 Å². The van der Waals surface area contributed by atoms with Crippen LogP contribution in [0.5, 0.6) is 5.75 Å². The molecule has 0 unspecified atom stereocenters. The van der Waals surface area contributed by atoms with Crippen molar-refractivity contribution in [3.05, 3.63) is 54.1 Å². The van der Waals surface area contributed by atoms with Gasteiger partial charge in [-0.15, -0.1) is 0 Å². The average Bonchev–Trinajstić information content (AvgIpc) is 3.19. The van der Waals surface area contributed by atoms with Crippen LogP contribution in [0.1, 0.15) is 51.5 Å². The maximum atomic E-state index is 11.3. The molecule has 0 spiro atoms. The third-order valence-corrected chi connectivity index (χ3v) is 5.94. The Kier molecular flexibility index (Phi) is 6.16. The molecule has 1 aliphatic rings. The van der Waals surface area contributed by atoms with Gasteiger partial charge in [0.25, 0.3) is 6.01 Å². The minimum atomic E-state index is -1.27. The van der Waals surface area contributed by atoms with E-state index in [2.05, 4.69) is 4.90 Å². The Hall–Kier alpha value is -3.02. The molecule has 0 bridgehead atoms. The van der Waals surface area contributed by atoms with Crippen molar-refractivity contribution in [2.24, 2.45) is 5.92 Å². The van der Waals surface area contributed by atoms with Crippen LogP contribution in [-0.4, -0.2) is 28.2 Å². The van der Waals surface area contributed by atoms with Crippen molar-refractivity contribution in [2.75, 3.05) is 11.4 Å². The van der Waals surface area contributed by atoms with Crippen molar-refractivity contribution in [1.29, 1.82) is 0 Å². The van der Waals surface area contributed by atoms with Gasteiger partial charge in [-0.25, -0.2) is 4.79 Å². The minimum absolute atomic E-state index is 0.539. The number of fused-ring (bicyclic) bond motifs is 1. The smallest absolute Gasteiger partial charge is 0.347 e. The number of aromatic nitrogens is 1. The van der Waals surface area contributed by atoms with Crippen molar-refractivity contribution < 1.29 is 19.1 Å². The van der Waals surface area contributed by atoms with Crippen LogP contribution in [0.4, 0.5) is 6.01 Å². The van der Waals surface area contributed by atoms with Crippen LogP contribution in [-0.2, 0) is 11.3 Å². The molecule has 0 radical (unpaired) electrons. The summed E-state index contributed by atoms with van der Waals surface area (Å²) in [7, 11) is 0. The molecule has 6 heteroatoms. The van der Waals surface area contributed by atoms with Crippen molar-refractivity contribution in [1.82, 2.24) is 4.98 Å². The number of anilines is 1. The summed E-state index contributed by atoms with van der Waals surface area (Å²) in [5.41, 5.74) is 1.49. The van der Waals surface area contributed by atoms with E-state index < -0.39 is 11.6 Å². The van der Waals surface area contributed by atoms with E-state index in [0.29, 0.717) is 24.2 Å². The molecule has 4 rings (SSSR count). The van der Waals surface area contributed by atoms with Crippen LogP contribution in [0.2, 0.25) is 0 Å². The highest BCUT2D eigenvalue weighted by Gasteiger charge is 2.29. The molecule has 1 N–H and O–H groups in total. The number of carboxylic acid groups (broad SMARTS) is 1. The molecule has 0 amide bonds. The van der Waals surface area contributed by atoms with Gasteiger partial charge >= 0.3 is 5.97 Å². The van der Waals surface area contributed by atoms with Gasteiger partial charge in [0.1, 0.15) is 11.3 Å². The first-order valence-corrected chi connectivity index (χ1v) is 11.0. The Balaban J connectivity index is 1.53. The summed E-state index contributed by atoms with van der Waals surface area (Å²) < 4.78 is 11.7. The van der Waals surface area contributed by atoms with E-state index in [-0.39, 0.29) is 0 Å². The lowest BCUT2D eigenvalue weighted by molar-refractivity contribution is -0.152. The molecule has 1 saturated carbocycles. The fourth-order valence-electron chi connectivity index (χ4n) is 4.11. The van der Waals surface area contributed by atoms with Gasteiger partial charge in [-0.3, -0.25) is 0 Å². The predicted molar refractivity (Wildman–Crippen MR) is 120 cm³/mol. The SMILES string of the molecule is CC(C)(Oc1ccc(CN(CC2CCCCC2)c2nc3ccccc3o2)cc1)C(=O)O. The summed E-state index contributed by atoms with van der Waals surface area (Å²) in [6.07, 6.45) is 6.39. The lowest BCUT2D eigenvalue weighted by Crippen LogP contribution is -2.37. The quantitative estimate of drug-likeness (QED) is 0.505. The highest BCUT2D eigenvalue weighted by molar-refractivity contribution is 5.76. The van der Waals surface area contributed by atoms with Crippen LogP contribution in [0.3, 0.4) is 0 Å². The fraction of sp³-hybridized carbons (Fsp3) is 0.440. The van der Waals surface area contributed by atoms with Crippen LogP contribution in [0.25, 0.3) is 11.1 Å². The summed E-state index contributed by atoms with van der Waals surface area (Å²) in [4.78, 5) is 18.3. The number of aliphatic carboxylic acids is 1. The number of hydrogen-bond donors (Lipinski definition) is 1. The third-order valence-electron chi connectivity index (χ3n) is 5.94. The molecule has 1 aliphatic carbocycles. The summed E-state index contributed by atoms with van der Waals surface area (Å²) >= 11 is 0. The maximum Gasteiger partial charge on any atom is 0.347 e. The summed E-state index contributed by atoms with van der Waals surface area (Å²) in [6, 6.07) is 16.1. The molecule has 3 aromatic rings. The summed E-state index contributed by atoms with van der Waals surface area (Å²) in [5, 5.41) is 9.27. The van der Waals surface area contributed by atoms with Crippen LogP contribution in [0, 0.1) is 5.92 Å². The van der Waals surface area contributed by atoms with Crippen molar-refractivity contribution in [3.63, 3.8) is 0 Å². The van der Waals surface area contributed by atoms with Crippen LogP contribution in [0.15, 0.2) is 52.9 Å². The number of rotatable bonds is 8. The molecular formula is C25H30N2O4. The summed E-state index contributed by atoms with van der Waals surface area (Å²) in [6.45, 7) is 4.67. The van der Waals surface area contributed by atoms with E-state index in [0.717, 1.165) is 23.2 Å². The van der Waals surface area contributed by atoms with E-state index in [1.165, 1.54) is 32.1 Å². The van der Waals surface area contributed by atoms with Crippen molar-refractivity contribution in [2.45, 2.75) is 58.1 Å². The van der Waals surface area contributed by atoms with E-state index in [1.54, 1.807) is 13.8 Å². The number of benzene rings is 2. The molecule has 0 aliphatic heterocycles. The molecule has 164 valence electrons. The minimum Gasteiger partial charge on any atom is -0.478 e. The van der Waals surface area contributed by atoms with Gasteiger partial charge in [0, 0.05) is 13.1 Å². The first kappa shape index (κ1) is 21.2. The topological polar surface area (TPSA) is 75.8 Å². The summed E-state index contributed by atoms with van der Waals surface area (Å²) in [5.74, 6) is 0.186. The number of carboxylic acids is 1. The van der Waals surface area contributed by atoms with Crippen molar-refractivity contribution >= 4 is 23.1 Å². The number of hydrogen-bond acceptors (Lipinski definition) is 5. The standard InChI is InChI=1S/C25H30N2O4/c1-25(2,23(28)29)31-20-14-12-19(13-15-20)17-27(16-18-8-4-3-5-9-18)24-26-21-10-6-7-11-22(21)30-24/h6-7,10-15,18H,3-5,8-9,16-17H2,1-2H3,(H,28,29). The van der Waals surface area contributed by atoms with Gasteiger partial charge in [-0.05, 0) is 62.4 Å². The molecule has 2 aromatic carbocycles. The fourth-order valence-corrected chi connectivity index (χ4v) is 4.11. The molecule has 1 heterocycles. The third kappa shape index (κ3) is 5.19. The number of nitrogens with zero attached hydrogens (tertiary/aromatic N) is 2. The molecule has 0 atom stereocenters. The Morgan fingerprint density at radius 2 is 1.84 bits per heavy atom. The van der Waals surface area contributed by atoms with Gasteiger partial charge in [0.05, 0.1) is 0 Å². The first-order valence-electron chi connectivity index (χ1n) is 11.0. The van der Waals surface area contributed by atoms with E-state index in [9.17, 15) is 9.90 Å². The van der Waals surface area contributed by atoms with E-state index >= 15 is 0 Å². The zero-order valence-electron chi connectivity index (χ0n) is 18.2. The van der Waals surface area contributed by atoms with Crippen LogP contribution >= 0.6 is 0 Å². The number of para-hydroxylation sites is 2. The average molecular weight is 423 g/mol. The Morgan fingerprint density at radius 1 is 1.13 bits per heavy atom. The Labute approximate surface area is 182 Å². The van der Waals surface area contributed by atoms with E-state index in [1.807, 2.05) is 48.5 Å². The van der Waals surface area contributed by atoms with Crippen LogP contribution < -0.4 is 9.64 Å². The zero-order chi connectivity index (χ0) is 21.8. The Morgan fingerprint density at radius 3 is 2.52 bits per heavy atom. The first-order chi connectivity index (χ1) is 14.9. The maximum absolute atomic E-state index is 11.3. The molecular weight excluding hydrogens is 392 g/mol. The second-order valence-corrected chi connectivity index (χ2v) is 8.91. The number of oxazole rings is 1. The number of ether oxygens (including phenoxy) is 1. The van der Waals surface area contributed by atoms with E-state index in [4.69, 9.17) is 14.1 Å². The lowest BCUT2D eigenvalue weighted by Gasteiger charge is -2.29. The molecule has 6 nitrogen and oxygen atoms in total. The number of carbonyl (C=O) groups is 1. The highest BCUT2D eigenvalue weighted by Crippen LogP contribution is 2.29. The largest absolute Gasteiger partial charge is 0.478 e. The monoisotopic (exact) mass is 422 g/mol. The molecule has 0 saturated heterocycles. The second kappa shape index (κ2) is 9.00. The van der Waals surface area contributed by atoms with Crippen molar-refractivity contribution in [3.8, 4) is 5.75 Å².